The summed E-state index contributed by atoms with van der Waals surface area (Å²) in [7, 11) is 0. The third-order valence-electron chi connectivity index (χ3n) is 2.90. The second-order valence-electron chi connectivity index (χ2n) is 4.84. The van der Waals surface area contributed by atoms with Crippen LogP contribution in [0.15, 0.2) is 30.9 Å². The summed E-state index contributed by atoms with van der Waals surface area (Å²) in [5, 5.41) is 0. The van der Waals surface area contributed by atoms with Gasteiger partial charge in [0.15, 0.2) is 0 Å². The summed E-state index contributed by atoms with van der Waals surface area (Å²) < 4.78 is 2.33. The zero-order chi connectivity index (χ0) is 13.2. The van der Waals surface area contributed by atoms with Crippen molar-refractivity contribution in [1.82, 2.24) is 14.5 Å². The number of hydrogen-bond donors (Lipinski definition) is 1. The molecule has 0 spiro atoms. The predicted octanol–water partition coefficient (Wildman–Crippen LogP) is 2.67. The van der Waals surface area contributed by atoms with Crippen LogP contribution in [0.2, 0.25) is 0 Å². The van der Waals surface area contributed by atoms with Gasteiger partial charge in [-0.15, -0.1) is 0 Å². The van der Waals surface area contributed by atoms with Crippen LogP contribution >= 0.6 is 11.8 Å². The zero-order valence-electron chi connectivity index (χ0n) is 10.9. The molecule has 0 atom stereocenters. The molecule has 5 heteroatoms. The van der Waals surface area contributed by atoms with Crippen LogP contribution in [0.3, 0.4) is 0 Å². The van der Waals surface area contributed by atoms with Gasteiger partial charge < -0.3 is 10.3 Å². The Morgan fingerprint density at radius 1 is 1.33 bits per heavy atom. The highest BCUT2D eigenvalue weighted by molar-refractivity contribution is 7.99. The number of hydrogen-bond acceptors (Lipinski definition) is 4. The van der Waals surface area contributed by atoms with Crippen LogP contribution in [0.25, 0.3) is 11.3 Å². The Morgan fingerprint density at radius 3 is 2.72 bits per heavy atom. The van der Waals surface area contributed by atoms with Crippen molar-refractivity contribution in [2.45, 2.75) is 25.1 Å². The van der Waals surface area contributed by atoms with Gasteiger partial charge in [-0.1, -0.05) is 0 Å². The fourth-order valence-electron chi connectivity index (χ4n) is 1.72. The first kappa shape index (κ1) is 13.0. The molecule has 0 aromatic carbocycles. The molecule has 0 bridgehead atoms. The van der Waals surface area contributed by atoms with E-state index in [1.807, 2.05) is 36.4 Å². The van der Waals surface area contributed by atoms with Crippen molar-refractivity contribution in [3.05, 3.63) is 30.9 Å². The van der Waals surface area contributed by atoms with Crippen LogP contribution in [-0.2, 0) is 6.54 Å². The van der Waals surface area contributed by atoms with E-state index >= 15 is 0 Å². The van der Waals surface area contributed by atoms with Crippen molar-refractivity contribution in [2.24, 2.45) is 0 Å². The Balaban J connectivity index is 2.30. The van der Waals surface area contributed by atoms with Crippen molar-refractivity contribution >= 4 is 17.6 Å². The van der Waals surface area contributed by atoms with Gasteiger partial charge >= 0.3 is 0 Å². The molecule has 0 aliphatic rings. The lowest BCUT2D eigenvalue weighted by Gasteiger charge is -2.23. The summed E-state index contributed by atoms with van der Waals surface area (Å²) >= 11 is 1.85. The Labute approximate surface area is 112 Å². The molecule has 4 nitrogen and oxygen atoms in total. The van der Waals surface area contributed by atoms with Gasteiger partial charge in [-0.2, -0.15) is 11.8 Å². The predicted molar refractivity (Wildman–Crippen MR) is 77.5 cm³/mol. The molecular weight excluding hydrogens is 244 g/mol. The van der Waals surface area contributed by atoms with Gasteiger partial charge in [-0.05, 0) is 32.2 Å². The van der Waals surface area contributed by atoms with E-state index in [4.69, 9.17) is 5.73 Å². The monoisotopic (exact) mass is 262 g/mol. The maximum atomic E-state index is 5.60. The van der Waals surface area contributed by atoms with E-state index in [-0.39, 0.29) is 4.75 Å². The minimum absolute atomic E-state index is 0.177. The van der Waals surface area contributed by atoms with E-state index in [1.54, 1.807) is 6.20 Å². The maximum absolute atomic E-state index is 5.60. The Morgan fingerprint density at radius 2 is 2.11 bits per heavy atom. The fourth-order valence-corrected chi connectivity index (χ4v) is 1.99. The topological polar surface area (TPSA) is 56.7 Å². The first-order valence-corrected chi connectivity index (χ1v) is 7.01. The second kappa shape index (κ2) is 5.02. The minimum Gasteiger partial charge on any atom is -0.384 e. The molecule has 2 rings (SSSR count). The van der Waals surface area contributed by atoms with E-state index in [1.165, 1.54) is 0 Å². The van der Waals surface area contributed by atoms with E-state index in [0.717, 1.165) is 17.8 Å². The van der Waals surface area contributed by atoms with Crippen molar-refractivity contribution < 1.29 is 0 Å². The van der Waals surface area contributed by atoms with Crippen molar-refractivity contribution in [3.63, 3.8) is 0 Å². The number of aromatic nitrogens is 3. The summed E-state index contributed by atoms with van der Waals surface area (Å²) in [6.45, 7) is 5.36. The summed E-state index contributed by atoms with van der Waals surface area (Å²) in [6, 6.07) is 3.79. The minimum atomic E-state index is 0.177. The molecule has 0 saturated heterocycles. The number of rotatable bonds is 4. The van der Waals surface area contributed by atoms with Gasteiger partial charge in [0.05, 0.1) is 18.2 Å². The van der Waals surface area contributed by atoms with Gasteiger partial charge in [0.2, 0.25) is 0 Å². The Bertz CT molecular complexity index is 516. The largest absolute Gasteiger partial charge is 0.384 e. The zero-order valence-corrected chi connectivity index (χ0v) is 11.7. The van der Waals surface area contributed by atoms with E-state index in [2.05, 4.69) is 34.6 Å². The molecule has 2 heterocycles. The number of nitrogen functional groups attached to an aromatic ring is 1. The smallest absolute Gasteiger partial charge is 0.123 e. The quantitative estimate of drug-likeness (QED) is 0.920. The van der Waals surface area contributed by atoms with Crippen molar-refractivity contribution in [1.29, 1.82) is 0 Å². The fraction of sp³-hybridized carbons (Fsp3) is 0.385. The van der Waals surface area contributed by atoms with Gasteiger partial charge in [0.25, 0.3) is 0 Å². The van der Waals surface area contributed by atoms with Crippen molar-refractivity contribution in [3.8, 4) is 11.3 Å². The third-order valence-corrected chi connectivity index (χ3v) is 4.13. The molecule has 0 aliphatic heterocycles. The number of anilines is 1. The molecule has 0 saturated carbocycles. The van der Waals surface area contributed by atoms with Gasteiger partial charge in [0, 0.05) is 23.1 Å². The second-order valence-corrected chi connectivity index (χ2v) is 6.36. The first-order valence-electron chi connectivity index (χ1n) is 5.79. The van der Waals surface area contributed by atoms with E-state index in [0.29, 0.717) is 5.82 Å². The summed E-state index contributed by atoms with van der Waals surface area (Å²) in [6.07, 6.45) is 7.64. The summed E-state index contributed by atoms with van der Waals surface area (Å²) in [5.41, 5.74) is 7.72. The molecule has 0 radical (unpaired) electrons. The Kier molecular flexibility index (Phi) is 3.61. The Hall–Kier alpha value is -1.49. The number of imidazole rings is 1. The third kappa shape index (κ3) is 2.85. The molecule has 2 aromatic rings. The van der Waals surface area contributed by atoms with Crippen molar-refractivity contribution in [2.75, 3.05) is 12.0 Å². The highest BCUT2D eigenvalue weighted by atomic mass is 32.2. The van der Waals surface area contributed by atoms with Crippen LogP contribution in [0.1, 0.15) is 13.8 Å². The highest BCUT2D eigenvalue weighted by Gasteiger charge is 2.18. The van der Waals surface area contributed by atoms with E-state index < -0.39 is 0 Å². The van der Waals surface area contributed by atoms with Gasteiger partial charge in [-0.25, -0.2) is 9.97 Å². The van der Waals surface area contributed by atoms with Gasteiger partial charge in [-0.3, -0.25) is 0 Å². The average molecular weight is 262 g/mol. The number of nitrogens with two attached hydrogens (primary N) is 1. The molecule has 96 valence electrons. The maximum Gasteiger partial charge on any atom is 0.123 e. The number of thioether (sulfide) groups is 1. The van der Waals surface area contributed by atoms with Crippen LogP contribution in [0.5, 0.6) is 0 Å². The molecular formula is C13H18N4S. The molecule has 2 aromatic heterocycles. The van der Waals surface area contributed by atoms with Crippen LogP contribution in [-0.4, -0.2) is 25.5 Å². The molecule has 0 amide bonds. The van der Waals surface area contributed by atoms with Gasteiger partial charge in [0.1, 0.15) is 5.82 Å². The lowest BCUT2D eigenvalue weighted by atomic mass is 10.2. The standard InChI is InChI=1S/C13H18N4S/c1-13(2,18-3)8-17-9-15-7-11(17)10-4-5-12(14)16-6-10/h4-7,9H,8H2,1-3H3,(H2,14,16). The van der Waals surface area contributed by atoms with E-state index in [9.17, 15) is 0 Å². The van der Waals surface area contributed by atoms with Crippen LogP contribution in [0.4, 0.5) is 5.82 Å². The number of nitrogens with zero attached hydrogens (tertiary/aromatic N) is 3. The molecule has 0 unspecified atom stereocenters. The molecule has 2 N–H and O–H groups in total. The van der Waals surface area contributed by atoms with Crippen LogP contribution in [0, 0.1) is 0 Å². The SMILES string of the molecule is CSC(C)(C)Cn1cncc1-c1ccc(N)nc1. The van der Waals surface area contributed by atoms with Crippen LogP contribution < -0.4 is 5.73 Å². The highest BCUT2D eigenvalue weighted by Crippen LogP contribution is 2.26. The first-order chi connectivity index (χ1) is 8.52. The number of pyridine rings is 1. The molecule has 0 aliphatic carbocycles. The lowest BCUT2D eigenvalue weighted by molar-refractivity contribution is 0.571. The normalized spacial score (nSPS) is 11.7. The summed E-state index contributed by atoms with van der Waals surface area (Å²) in [5.74, 6) is 0.536. The summed E-state index contributed by atoms with van der Waals surface area (Å²) in [4.78, 5) is 8.36. The molecule has 0 fully saturated rings. The average Bonchev–Trinajstić information content (AvgIpc) is 2.77. The lowest BCUT2D eigenvalue weighted by Crippen LogP contribution is -2.22. The molecule has 18 heavy (non-hydrogen) atoms.